The number of hydrogen-bond donors (Lipinski definition) is 0. The summed E-state index contributed by atoms with van der Waals surface area (Å²) < 4.78 is 0.730. The smallest absolute Gasteiger partial charge is 0.185 e. The van der Waals surface area contributed by atoms with Crippen molar-refractivity contribution >= 4 is 44.9 Å². The lowest BCUT2D eigenvalue weighted by Crippen LogP contribution is -2.12. The highest BCUT2D eigenvalue weighted by Crippen LogP contribution is 2.28. The summed E-state index contributed by atoms with van der Waals surface area (Å²) in [5, 5.41) is 10.1. The molecule has 2 aromatic carbocycles. The molecule has 0 radical (unpaired) electrons. The van der Waals surface area contributed by atoms with Crippen molar-refractivity contribution in [2.45, 2.75) is 5.92 Å². The third-order valence-corrected chi connectivity index (χ3v) is 3.83. The van der Waals surface area contributed by atoms with Crippen LogP contribution in [0.1, 0.15) is 21.8 Å². The molecule has 0 aliphatic carbocycles. The van der Waals surface area contributed by atoms with Crippen molar-refractivity contribution in [2.24, 2.45) is 0 Å². The van der Waals surface area contributed by atoms with Crippen molar-refractivity contribution in [3.05, 3.63) is 68.1 Å². The van der Waals surface area contributed by atoms with Gasteiger partial charge in [-0.3, -0.25) is 4.79 Å². The SMILES string of the molecule is N#CC(C(=O)c1cc(Br)ccc1Cl)c1cccc(Cl)c1. The van der Waals surface area contributed by atoms with Crippen molar-refractivity contribution < 1.29 is 4.79 Å². The summed E-state index contributed by atoms with van der Waals surface area (Å²) in [5.41, 5.74) is 0.869. The lowest BCUT2D eigenvalue weighted by atomic mass is 9.92. The number of rotatable bonds is 3. The van der Waals surface area contributed by atoms with Crippen molar-refractivity contribution in [1.29, 1.82) is 5.26 Å². The van der Waals surface area contributed by atoms with Crippen LogP contribution in [0.25, 0.3) is 0 Å². The molecule has 100 valence electrons. The molecule has 0 spiro atoms. The van der Waals surface area contributed by atoms with Crippen LogP contribution in [0.5, 0.6) is 0 Å². The van der Waals surface area contributed by atoms with E-state index in [9.17, 15) is 10.1 Å². The van der Waals surface area contributed by atoms with Crippen LogP contribution in [0.15, 0.2) is 46.9 Å². The first-order valence-corrected chi connectivity index (χ1v) is 7.22. The lowest BCUT2D eigenvalue weighted by Gasteiger charge is -2.10. The van der Waals surface area contributed by atoms with Crippen molar-refractivity contribution in [2.75, 3.05) is 0 Å². The third kappa shape index (κ3) is 3.21. The zero-order chi connectivity index (χ0) is 14.7. The molecular formula is C15H8BrCl2NO. The fraction of sp³-hybridized carbons (Fsp3) is 0.0667. The Labute approximate surface area is 135 Å². The van der Waals surface area contributed by atoms with Crippen LogP contribution >= 0.6 is 39.1 Å². The number of benzene rings is 2. The van der Waals surface area contributed by atoms with Gasteiger partial charge in [0.15, 0.2) is 5.78 Å². The summed E-state index contributed by atoms with van der Waals surface area (Å²) in [6.07, 6.45) is 0. The second kappa shape index (κ2) is 6.41. The number of carbonyl (C=O) groups is 1. The minimum Gasteiger partial charge on any atom is -0.292 e. The van der Waals surface area contributed by atoms with Crippen LogP contribution in [0.3, 0.4) is 0 Å². The van der Waals surface area contributed by atoms with Gasteiger partial charge in [0.05, 0.1) is 11.1 Å². The number of Topliss-reactive ketones (excluding diaryl/α,β-unsaturated/α-hetero) is 1. The van der Waals surface area contributed by atoms with Crippen LogP contribution in [-0.2, 0) is 0 Å². The van der Waals surface area contributed by atoms with E-state index in [-0.39, 0.29) is 5.78 Å². The molecule has 0 saturated heterocycles. The lowest BCUT2D eigenvalue weighted by molar-refractivity contribution is 0.0979. The number of nitrogens with zero attached hydrogens (tertiary/aromatic N) is 1. The van der Waals surface area contributed by atoms with E-state index in [2.05, 4.69) is 15.9 Å². The van der Waals surface area contributed by atoms with Crippen LogP contribution in [-0.4, -0.2) is 5.78 Å². The Morgan fingerprint density at radius 3 is 2.60 bits per heavy atom. The van der Waals surface area contributed by atoms with Gasteiger partial charge >= 0.3 is 0 Å². The maximum Gasteiger partial charge on any atom is 0.185 e. The summed E-state index contributed by atoms with van der Waals surface area (Å²) in [7, 11) is 0. The molecule has 0 fully saturated rings. The van der Waals surface area contributed by atoms with E-state index < -0.39 is 5.92 Å². The van der Waals surface area contributed by atoms with E-state index in [1.165, 1.54) is 0 Å². The van der Waals surface area contributed by atoms with Gasteiger partial charge in [-0.05, 0) is 35.9 Å². The summed E-state index contributed by atoms with van der Waals surface area (Å²) in [5.74, 6) is -1.28. The molecule has 20 heavy (non-hydrogen) atoms. The van der Waals surface area contributed by atoms with E-state index in [4.69, 9.17) is 23.2 Å². The van der Waals surface area contributed by atoms with Gasteiger partial charge in [0, 0.05) is 15.1 Å². The average Bonchev–Trinajstić information content (AvgIpc) is 2.42. The number of carbonyl (C=O) groups excluding carboxylic acids is 1. The van der Waals surface area contributed by atoms with Gasteiger partial charge in [-0.2, -0.15) is 5.26 Å². The number of nitriles is 1. The van der Waals surface area contributed by atoms with Crippen LogP contribution < -0.4 is 0 Å². The maximum absolute atomic E-state index is 12.5. The minimum absolute atomic E-state index is 0.313. The second-order valence-corrected chi connectivity index (χ2v) is 5.86. The van der Waals surface area contributed by atoms with E-state index >= 15 is 0 Å². The maximum atomic E-state index is 12.5. The molecule has 2 rings (SSSR count). The molecule has 1 atom stereocenters. The molecule has 0 amide bonds. The summed E-state index contributed by atoms with van der Waals surface area (Å²) >= 11 is 15.2. The molecule has 0 N–H and O–H groups in total. The Morgan fingerprint density at radius 1 is 1.20 bits per heavy atom. The van der Waals surface area contributed by atoms with Crippen LogP contribution in [0.2, 0.25) is 10.0 Å². The molecular weight excluding hydrogens is 361 g/mol. The Morgan fingerprint density at radius 2 is 1.95 bits per heavy atom. The topological polar surface area (TPSA) is 40.9 Å². The number of halogens is 3. The fourth-order valence-electron chi connectivity index (χ4n) is 1.81. The Balaban J connectivity index is 2.45. The minimum atomic E-state index is -0.930. The first kappa shape index (κ1) is 15.1. The first-order valence-electron chi connectivity index (χ1n) is 5.67. The van der Waals surface area contributed by atoms with Crippen molar-refractivity contribution in [3.63, 3.8) is 0 Å². The zero-order valence-electron chi connectivity index (χ0n) is 10.1. The van der Waals surface area contributed by atoms with Crippen LogP contribution in [0.4, 0.5) is 0 Å². The van der Waals surface area contributed by atoms with Crippen molar-refractivity contribution in [3.8, 4) is 6.07 Å². The van der Waals surface area contributed by atoms with E-state index in [1.807, 2.05) is 6.07 Å². The van der Waals surface area contributed by atoms with Gasteiger partial charge in [-0.15, -0.1) is 0 Å². The zero-order valence-corrected chi connectivity index (χ0v) is 13.2. The summed E-state index contributed by atoms with van der Waals surface area (Å²) in [6.45, 7) is 0. The third-order valence-electron chi connectivity index (χ3n) is 2.77. The highest BCUT2D eigenvalue weighted by Gasteiger charge is 2.24. The van der Waals surface area contributed by atoms with E-state index in [0.717, 1.165) is 4.47 Å². The summed E-state index contributed by atoms with van der Waals surface area (Å²) in [4.78, 5) is 12.5. The summed E-state index contributed by atoms with van der Waals surface area (Å²) in [6, 6.07) is 13.7. The molecule has 1 unspecified atom stereocenters. The molecule has 0 aliphatic heterocycles. The molecule has 0 bridgehead atoms. The first-order chi connectivity index (χ1) is 9.52. The van der Waals surface area contributed by atoms with E-state index in [1.54, 1.807) is 42.5 Å². The van der Waals surface area contributed by atoms with Gasteiger partial charge in [0.2, 0.25) is 0 Å². The van der Waals surface area contributed by atoms with Gasteiger partial charge < -0.3 is 0 Å². The largest absolute Gasteiger partial charge is 0.292 e. The predicted molar refractivity (Wildman–Crippen MR) is 83.3 cm³/mol. The predicted octanol–water partition coefficient (Wildman–Crippen LogP) is 5.25. The number of hydrogen-bond acceptors (Lipinski definition) is 2. The fourth-order valence-corrected chi connectivity index (χ4v) is 2.58. The molecule has 2 aromatic rings. The van der Waals surface area contributed by atoms with Gasteiger partial charge in [-0.1, -0.05) is 51.3 Å². The van der Waals surface area contributed by atoms with Gasteiger partial charge in [-0.25, -0.2) is 0 Å². The Kier molecular flexibility index (Phi) is 4.82. The van der Waals surface area contributed by atoms with Crippen molar-refractivity contribution in [1.82, 2.24) is 0 Å². The molecule has 0 aromatic heterocycles. The molecule has 0 aliphatic rings. The molecule has 5 heteroatoms. The van der Waals surface area contributed by atoms with Gasteiger partial charge in [0.1, 0.15) is 5.92 Å². The number of ketones is 1. The Bertz CT molecular complexity index is 709. The molecule has 0 saturated carbocycles. The highest BCUT2D eigenvalue weighted by atomic mass is 79.9. The highest BCUT2D eigenvalue weighted by molar-refractivity contribution is 9.10. The van der Waals surface area contributed by atoms with E-state index in [0.29, 0.717) is 21.2 Å². The average molecular weight is 369 g/mol. The molecule has 0 heterocycles. The second-order valence-electron chi connectivity index (χ2n) is 4.11. The Hall–Kier alpha value is -1.34. The van der Waals surface area contributed by atoms with Gasteiger partial charge in [0.25, 0.3) is 0 Å². The monoisotopic (exact) mass is 367 g/mol. The normalized spacial score (nSPS) is 11.7. The quantitative estimate of drug-likeness (QED) is 0.694. The standard InChI is InChI=1S/C15H8BrCl2NO/c16-10-4-5-14(18)12(7-10)15(20)13(8-19)9-2-1-3-11(17)6-9/h1-7,13H. The molecule has 2 nitrogen and oxygen atoms in total. The van der Waals surface area contributed by atoms with Crippen LogP contribution in [0, 0.1) is 11.3 Å².